The average Bonchev–Trinajstić information content (AvgIpc) is 2.84. The van der Waals surface area contributed by atoms with Gasteiger partial charge in [-0.25, -0.2) is 0 Å². The maximum Gasteiger partial charge on any atom is 0.323 e. The van der Waals surface area contributed by atoms with Gasteiger partial charge in [-0.3, -0.25) is 9.78 Å². The maximum absolute atomic E-state index is 11.3. The Hall–Kier alpha value is -0.940. The standard InChI is InChI=1S/C9H12N2O2S/c1-13-8(12)7(10)9(2-3-9)6-4-11-5-14-6/h4-5,7H,2-3,10H2,1H3. The predicted molar refractivity (Wildman–Crippen MR) is 53.0 cm³/mol. The molecule has 0 amide bonds. The number of aromatic nitrogens is 1. The number of methoxy groups -OCH3 is 1. The van der Waals surface area contributed by atoms with Crippen LogP contribution in [0.15, 0.2) is 11.7 Å². The van der Waals surface area contributed by atoms with E-state index in [9.17, 15) is 4.79 Å². The van der Waals surface area contributed by atoms with Gasteiger partial charge in [-0.15, -0.1) is 11.3 Å². The number of thiazole rings is 1. The molecule has 1 aromatic rings. The number of rotatable bonds is 3. The third-order valence-electron chi connectivity index (χ3n) is 2.76. The molecule has 0 spiro atoms. The molecule has 1 saturated carbocycles. The summed E-state index contributed by atoms with van der Waals surface area (Å²) in [5.41, 5.74) is 7.44. The van der Waals surface area contributed by atoms with Crippen molar-refractivity contribution in [3.8, 4) is 0 Å². The van der Waals surface area contributed by atoms with E-state index in [1.165, 1.54) is 7.11 Å². The van der Waals surface area contributed by atoms with E-state index in [2.05, 4.69) is 9.72 Å². The first-order valence-electron chi connectivity index (χ1n) is 4.43. The van der Waals surface area contributed by atoms with Gasteiger partial charge in [0.1, 0.15) is 6.04 Å². The fourth-order valence-corrected chi connectivity index (χ4v) is 2.58. The molecule has 76 valence electrons. The van der Waals surface area contributed by atoms with E-state index in [1.54, 1.807) is 23.0 Å². The molecule has 1 aromatic heterocycles. The molecule has 14 heavy (non-hydrogen) atoms. The monoisotopic (exact) mass is 212 g/mol. The molecule has 0 bridgehead atoms. The van der Waals surface area contributed by atoms with Crippen LogP contribution in [0.3, 0.4) is 0 Å². The van der Waals surface area contributed by atoms with Crippen LogP contribution in [0.4, 0.5) is 0 Å². The largest absolute Gasteiger partial charge is 0.468 e. The minimum absolute atomic E-state index is 0.186. The Morgan fingerprint density at radius 2 is 2.50 bits per heavy atom. The van der Waals surface area contributed by atoms with Gasteiger partial charge in [0.05, 0.1) is 12.6 Å². The third-order valence-corrected chi connectivity index (χ3v) is 3.76. The Morgan fingerprint density at radius 3 is 2.93 bits per heavy atom. The van der Waals surface area contributed by atoms with Crippen LogP contribution >= 0.6 is 11.3 Å². The second-order valence-electron chi connectivity index (χ2n) is 3.52. The first-order valence-corrected chi connectivity index (χ1v) is 5.31. The third kappa shape index (κ3) is 1.33. The van der Waals surface area contributed by atoms with E-state index >= 15 is 0 Å². The van der Waals surface area contributed by atoms with Crippen molar-refractivity contribution in [1.29, 1.82) is 0 Å². The van der Waals surface area contributed by atoms with E-state index in [-0.39, 0.29) is 11.4 Å². The molecule has 1 heterocycles. The van der Waals surface area contributed by atoms with E-state index in [0.29, 0.717) is 0 Å². The Morgan fingerprint density at radius 1 is 1.79 bits per heavy atom. The van der Waals surface area contributed by atoms with Crippen molar-refractivity contribution in [1.82, 2.24) is 4.98 Å². The summed E-state index contributed by atoms with van der Waals surface area (Å²) in [6, 6.07) is -0.548. The van der Waals surface area contributed by atoms with E-state index in [1.807, 2.05) is 0 Å². The molecule has 0 aliphatic heterocycles. The molecule has 0 aromatic carbocycles. The number of ether oxygens (including phenoxy) is 1. The Bertz CT molecular complexity index is 333. The van der Waals surface area contributed by atoms with Crippen LogP contribution < -0.4 is 5.73 Å². The van der Waals surface area contributed by atoms with Gasteiger partial charge in [0.25, 0.3) is 0 Å². The van der Waals surface area contributed by atoms with Crippen LogP contribution in [-0.2, 0) is 14.9 Å². The number of carbonyl (C=O) groups is 1. The molecule has 1 atom stereocenters. The van der Waals surface area contributed by atoms with Gasteiger partial charge in [-0.2, -0.15) is 0 Å². The van der Waals surface area contributed by atoms with Crippen LogP contribution in [-0.4, -0.2) is 24.1 Å². The summed E-state index contributed by atoms with van der Waals surface area (Å²) in [7, 11) is 1.37. The lowest BCUT2D eigenvalue weighted by Gasteiger charge is -2.18. The minimum atomic E-state index is -0.548. The molecule has 2 rings (SSSR count). The average molecular weight is 212 g/mol. The zero-order chi connectivity index (χ0) is 10.2. The number of hydrogen-bond acceptors (Lipinski definition) is 5. The normalized spacial score (nSPS) is 20.1. The summed E-state index contributed by atoms with van der Waals surface area (Å²) in [4.78, 5) is 16.4. The highest BCUT2D eigenvalue weighted by Crippen LogP contribution is 2.51. The van der Waals surface area contributed by atoms with Gasteiger partial charge >= 0.3 is 5.97 Å². The number of nitrogens with two attached hydrogens (primary N) is 1. The smallest absolute Gasteiger partial charge is 0.323 e. The summed E-state index contributed by atoms with van der Waals surface area (Å²) in [6.45, 7) is 0. The van der Waals surface area contributed by atoms with Crippen LogP contribution in [0.2, 0.25) is 0 Å². The summed E-state index contributed by atoms with van der Waals surface area (Å²) in [6.07, 6.45) is 3.69. The van der Waals surface area contributed by atoms with Gasteiger partial charge in [-0.1, -0.05) is 0 Å². The summed E-state index contributed by atoms with van der Waals surface area (Å²) in [5.74, 6) is -0.337. The molecule has 2 N–H and O–H groups in total. The summed E-state index contributed by atoms with van der Waals surface area (Å²) < 4.78 is 4.66. The second-order valence-corrected chi connectivity index (χ2v) is 4.41. The molecule has 0 radical (unpaired) electrons. The Labute approximate surface area is 86.1 Å². The highest BCUT2D eigenvalue weighted by molar-refractivity contribution is 7.09. The topological polar surface area (TPSA) is 65.2 Å². The number of hydrogen-bond donors (Lipinski definition) is 1. The molecule has 0 saturated heterocycles. The van der Waals surface area contributed by atoms with Gasteiger partial charge in [-0.05, 0) is 12.8 Å². The first kappa shape index (κ1) is 9.61. The van der Waals surface area contributed by atoms with Crippen molar-refractivity contribution in [3.05, 3.63) is 16.6 Å². The molecule has 1 fully saturated rings. The van der Waals surface area contributed by atoms with Crippen molar-refractivity contribution in [2.24, 2.45) is 5.73 Å². The van der Waals surface area contributed by atoms with Gasteiger partial charge < -0.3 is 10.5 Å². The highest BCUT2D eigenvalue weighted by atomic mass is 32.1. The molecule has 1 unspecified atom stereocenters. The van der Waals surface area contributed by atoms with E-state index in [0.717, 1.165) is 17.7 Å². The fourth-order valence-electron chi connectivity index (χ4n) is 1.66. The van der Waals surface area contributed by atoms with Crippen molar-refractivity contribution < 1.29 is 9.53 Å². The Kier molecular flexibility index (Phi) is 2.28. The van der Waals surface area contributed by atoms with Crippen LogP contribution in [0.1, 0.15) is 17.7 Å². The molecular weight excluding hydrogens is 200 g/mol. The zero-order valence-electron chi connectivity index (χ0n) is 7.90. The number of carbonyl (C=O) groups excluding carboxylic acids is 1. The SMILES string of the molecule is COC(=O)C(N)C1(c2cncs2)CC1. The highest BCUT2D eigenvalue weighted by Gasteiger charge is 2.53. The molecule has 1 aliphatic carbocycles. The van der Waals surface area contributed by atoms with Gasteiger partial charge in [0, 0.05) is 16.5 Å². The number of esters is 1. The maximum atomic E-state index is 11.3. The van der Waals surface area contributed by atoms with E-state index < -0.39 is 6.04 Å². The quantitative estimate of drug-likeness (QED) is 0.748. The zero-order valence-corrected chi connectivity index (χ0v) is 8.71. The Balaban J connectivity index is 2.21. The second kappa shape index (κ2) is 3.33. The summed E-state index contributed by atoms with van der Waals surface area (Å²) >= 11 is 1.55. The van der Waals surface area contributed by atoms with Crippen molar-refractivity contribution in [3.63, 3.8) is 0 Å². The van der Waals surface area contributed by atoms with Crippen LogP contribution in [0.25, 0.3) is 0 Å². The summed E-state index contributed by atoms with van der Waals surface area (Å²) in [5, 5.41) is 0. The van der Waals surface area contributed by atoms with Crippen LogP contribution in [0, 0.1) is 0 Å². The lowest BCUT2D eigenvalue weighted by Crippen LogP contribution is -2.42. The lowest BCUT2D eigenvalue weighted by molar-refractivity contribution is -0.143. The molecular formula is C9H12N2O2S. The fraction of sp³-hybridized carbons (Fsp3) is 0.556. The van der Waals surface area contributed by atoms with Crippen LogP contribution in [0.5, 0.6) is 0 Å². The van der Waals surface area contributed by atoms with Gasteiger partial charge in [0.2, 0.25) is 0 Å². The predicted octanol–water partition coefficient (Wildman–Crippen LogP) is 0.675. The van der Waals surface area contributed by atoms with Crippen molar-refractivity contribution in [2.45, 2.75) is 24.3 Å². The number of nitrogens with zero attached hydrogens (tertiary/aromatic N) is 1. The van der Waals surface area contributed by atoms with Crippen molar-refractivity contribution >= 4 is 17.3 Å². The molecule has 5 heteroatoms. The molecule has 1 aliphatic rings. The minimum Gasteiger partial charge on any atom is -0.468 e. The van der Waals surface area contributed by atoms with E-state index in [4.69, 9.17) is 5.73 Å². The molecule has 4 nitrogen and oxygen atoms in total. The lowest BCUT2D eigenvalue weighted by atomic mass is 9.96. The first-order chi connectivity index (χ1) is 6.70. The van der Waals surface area contributed by atoms with Crippen molar-refractivity contribution in [2.75, 3.05) is 7.11 Å². The van der Waals surface area contributed by atoms with Gasteiger partial charge in [0.15, 0.2) is 0 Å².